The van der Waals surface area contributed by atoms with Crippen LogP contribution >= 0.6 is 11.3 Å². The lowest BCUT2D eigenvalue weighted by molar-refractivity contribution is 0.510. The van der Waals surface area contributed by atoms with Crippen molar-refractivity contribution < 1.29 is 0 Å². The average molecular weight is 284 g/mol. The van der Waals surface area contributed by atoms with Crippen molar-refractivity contribution in [1.82, 2.24) is 4.90 Å². The summed E-state index contributed by atoms with van der Waals surface area (Å²) in [6.07, 6.45) is 2.16. The zero-order valence-electron chi connectivity index (χ0n) is 12.1. The van der Waals surface area contributed by atoms with Gasteiger partial charge in [-0.05, 0) is 23.9 Å². The first-order valence-corrected chi connectivity index (χ1v) is 7.50. The third kappa shape index (κ3) is 3.36. The van der Waals surface area contributed by atoms with E-state index in [2.05, 4.69) is 30.0 Å². The summed E-state index contributed by atoms with van der Waals surface area (Å²) in [4.78, 5) is 3.11. The summed E-state index contributed by atoms with van der Waals surface area (Å²) in [6, 6.07) is 14.3. The highest BCUT2D eigenvalue weighted by atomic mass is 32.1. The van der Waals surface area contributed by atoms with Crippen molar-refractivity contribution in [1.29, 1.82) is 5.41 Å². The highest BCUT2D eigenvalue weighted by Crippen LogP contribution is 2.26. The summed E-state index contributed by atoms with van der Waals surface area (Å²) in [7, 11) is 4.06. The lowest BCUT2D eigenvalue weighted by Gasteiger charge is -2.19. The maximum atomic E-state index is 8.52. The maximum absolute atomic E-state index is 8.52. The van der Waals surface area contributed by atoms with Gasteiger partial charge in [-0.1, -0.05) is 42.5 Å². The fraction of sp³-hybridized carbons (Fsp3) is 0.235. The Labute approximate surface area is 124 Å². The SMILES string of the molecule is C/C(=C/C(C(=N)c1cccs1)c1ccccc1)N(C)C. The first-order chi connectivity index (χ1) is 9.59. The van der Waals surface area contributed by atoms with Crippen LogP contribution in [0.15, 0.2) is 59.6 Å². The summed E-state index contributed by atoms with van der Waals surface area (Å²) in [5.41, 5.74) is 2.99. The summed E-state index contributed by atoms with van der Waals surface area (Å²) in [6.45, 7) is 2.08. The Bertz CT molecular complexity index is 583. The molecule has 2 rings (SSSR count). The van der Waals surface area contributed by atoms with Gasteiger partial charge in [0.05, 0.1) is 5.71 Å². The van der Waals surface area contributed by atoms with Crippen LogP contribution in [0.3, 0.4) is 0 Å². The van der Waals surface area contributed by atoms with E-state index in [1.54, 1.807) is 11.3 Å². The zero-order valence-corrected chi connectivity index (χ0v) is 12.9. The quantitative estimate of drug-likeness (QED) is 0.811. The van der Waals surface area contributed by atoms with E-state index in [-0.39, 0.29) is 5.92 Å². The van der Waals surface area contributed by atoms with E-state index in [1.807, 2.05) is 49.8 Å². The molecule has 0 fully saturated rings. The molecule has 3 heteroatoms. The van der Waals surface area contributed by atoms with Crippen molar-refractivity contribution in [3.63, 3.8) is 0 Å². The predicted octanol–water partition coefficient (Wildman–Crippen LogP) is 4.37. The van der Waals surface area contributed by atoms with E-state index in [0.29, 0.717) is 5.71 Å². The second kappa shape index (κ2) is 6.53. The molecule has 0 aliphatic rings. The van der Waals surface area contributed by atoms with Crippen molar-refractivity contribution >= 4 is 17.0 Å². The lowest BCUT2D eigenvalue weighted by atomic mass is 9.92. The van der Waals surface area contributed by atoms with Gasteiger partial charge in [-0.15, -0.1) is 11.3 Å². The second-order valence-corrected chi connectivity index (χ2v) is 5.93. The fourth-order valence-corrected chi connectivity index (χ4v) is 2.70. The Morgan fingerprint density at radius 2 is 1.85 bits per heavy atom. The summed E-state index contributed by atoms with van der Waals surface area (Å²) >= 11 is 1.62. The Morgan fingerprint density at radius 1 is 1.15 bits per heavy atom. The largest absolute Gasteiger partial charge is 0.381 e. The maximum Gasteiger partial charge on any atom is 0.0599 e. The second-order valence-electron chi connectivity index (χ2n) is 4.98. The van der Waals surface area contributed by atoms with E-state index < -0.39 is 0 Å². The molecule has 1 aromatic heterocycles. The van der Waals surface area contributed by atoms with Crippen molar-refractivity contribution in [3.8, 4) is 0 Å². The van der Waals surface area contributed by atoms with Gasteiger partial charge >= 0.3 is 0 Å². The van der Waals surface area contributed by atoms with Crippen LogP contribution in [-0.2, 0) is 0 Å². The molecule has 1 unspecified atom stereocenters. The van der Waals surface area contributed by atoms with Gasteiger partial charge < -0.3 is 10.3 Å². The molecule has 0 saturated heterocycles. The molecule has 1 atom stereocenters. The topological polar surface area (TPSA) is 27.1 Å². The molecule has 104 valence electrons. The minimum absolute atomic E-state index is 0.00255. The van der Waals surface area contributed by atoms with E-state index in [9.17, 15) is 0 Å². The molecule has 1 aromatic carbocycles. The van der Waals surface area contributed by atoms with Gasteiger partial charge in [0.15, 0.2) is 0 Å². The third-order valence-electron chi connectivity index (χ3n) is 3.37. The monoisotopic (exact) mass is 284 g/mol. The number of benzene rings is 1. The Kier molecular flexibility index (Phi) is 4.74. The highest BCUT2D eigenvalue weighted by Gasteiger charge is 2.17. The predicted molar refractivity (Wildman–Crippen MR) is 87.8 cm³/mol. The normalized spacial score (nSPS) is 13.1. The number of hydrogen-bond donors (Lipinski definition) is 1. The number of allylic oxidation sites excluding steroid dienone is 2. The van der Waals surface area contributed by atoms with Crippen LogP contribution in [0.5, 0.6) is 0 Å². The van der Waals surface area contributed by atoms with Crippen LogP contribution in [0, 0.1) is 5.41 Å². The first-order valence-electron chi connectivity index (χ1n) is 6.62. The third-order valence-corrected chi connectivity index (χ3v) is 4.27. The zero-order chi connectivity index (χ0) is 14.5. The summed E-state index contributed by atoms with van der Waals surface area (Å²) in [5, 5.41) is 10.5. The fourth-order valence-electron chi connectivity index (χ4n) is 1.98. The molecule has 1 N–H and O–H groups in total. The smallest absolute Gasteiger partial charge is 0.0599 e. The van der Waals surface area contributed by atoms with Crippen molar-refractivity contribution in [3.05, 3.63) is 70.1 Å². The van der Waals surface area contributed by atoms with Crippen molar-refractivity contribution in [2.24, 2.45) is 0 Å². The molecule has 0 amide bonds. The minimum atomic E-state index is -0.00255. The van der Waals surface area contributed by atoms with E-state index in [0.717, 1.165) is 10.4 Å². The summed E-state index contributed by atoms with van der Waals surface area (Å²) < 4.78 is 0. The molecule has 2 aromatic rings. The van der Waals surface area contributed by atoms with Crippen LogP contribution < -0.4 is 0 Å². The Balaban J connectivity index is 2.40. The number of nitrogens with zero attached hydrogens (tertiary/aromatic N) is 1. The molecule has 0 saturated carbocycles. The van der Waals surface area contributed by atoms with Gasteiger partial charge in [-0.3, -0.25) is 0 Å². The number of thiophene rings is 1. The van der Waals surface area contributed by atoms with Crippen LogP contribution in [0.2, 0.25) is 0 Å². The Hall–Kier alpha value is -1.87. The minimum Gasteiger partial charge on any atom is -0.381 e. The van der Waals surface area contributed by atoms with Gasteiger partial charge in [0.25, 0.3) is 0 Å². The van der Waals surface area contributed by atoms with Gasteiger partial charge in [0.1, 0.15) is 0 Å². The molecule has 2 nitrogen and oxygen atoms in total. The van der Waals surface area contributed by atoms with Crippen LogP contribution in [-0.4, -0.2) is 24.7 Å². The van der Waals surface area contributed by atoms with Gasteiger partial charge in [0, 0.05) is 30.6 Å². The van der Waals surface area contributed by atoms with E-state index >= 15 is 0 Å². The van der Waals surface area contributed by atoms with Crippen LogP contribution in [0.25, 0.3) is 0 Å². The number of rotatable bonds is 5. The molecule has 0 aliphatic carbocycles. The van der Waals surface area contributed by atoms with Crippen molar-refractivity contribution in [2.45, 2.75) is 12.8 Å². The van der Waals surface area contributed by atoms with Crippen LogP contribution in [0.4, 0.5) is 0 Å². The van der Waals surface area contributed by atoms with Gasteiger partial charge in [-0.25, -0.2) is 0 Å². The molecule has 0 radical (unpaired) electrons. The molecular formula is C17H20N2S. The highest BCUT2D eigenvalue weighted by molar-refractivity contribution is 7.12. The summed E-state index contributed by atoms with van der Waals surface area (Å²) in [5.74, 6) is -0.00255. The molecule has 0 bridgehead atoms. The van der Waals surface area contributed by atoms with E-state index in [4.69, 9.17) is 5.41 Å². The lowest BCUT2D eigenvalue weighted by Crippen LogP contribution is -2.14. The van der Waals surface area contributed by atoms with Crippen molar-refractivity contribution in [2.75, 3.05) is 14.1 Å². The molecule has 1 heterocycles. The van der Waals surface area contributed by atoms with Gasteiger partial charge in [-0.2, -0.15) is 0 Å². The van der Waals surface area contributed by atoms with Gasteiger partial charge in [0.2, 0.25) is 0 Å². The number of hydrogen-bond acceptors (Lipinski definition) is 3. The first kappa shape index (κ1) is 14.5. The number of nitrogens with one attached hydrogen (secondary N) is 1. The average Bonchev–Trinajstić information content (AvgIpc) is 2.98. The Morgan fingerprint density at radius 3 is 2.40 bits per heavy atom. The molecule has 0 aliphatic heterocycles. The molecule has 0 spiro atoms. The van der Waals surface area contributed by atoms with Crippen LogP contribution in [0.1, 0.15) is 23.3 Å². The molecular weight excluding hydrogens is 264 g/mol. The van der Waals surface area contributed by atoms with E-state index in [1.165, 1.54) is 5.70 Å². The molecule has 20 heavy (non-hydrogen) atoms. The standard InChI is InChI=1S/C17H20N2S/c1-13(19(2)3)12-15(14-8-5-4-6-9-14)17(18)16-10-7-11-20-16/h4-12,15,18H,1-3H3/b13-12-,18-17?.